The van der Waals surface area contributed by atoms with E-state index in [0.717, 1.165) is 42.4 Å². The van der Waals surface area contributed by atoms with Crippen LogP contribution in [0.5, 0.6) is 11.5 Å². The highest BCUT2D eigenvalue weighted by atomic mass is 19.4. The first-order valence-electron chi connectivity index (χ1n) is 10.7. The molecule has 0 bridgehead atoms. The Bertz CT molecular complexity index is 1270. The molecule has 3 heterocycles. The van der Waals surface area contributed by atoms with E-state index in [0.29, 0.717) is 29.3 Å². The van der Waals surface area contributed by atoms with Gasteiger partial charge in [0.1, 0.15) is 0 Å². The van der Waals surface area contributed by atoms with Gasteiger partial charge in [0.25, 0.3) is 11.5 Å². The van der Waals surface area contributed by atoms with Crippen LogP contribution in [0.25, 0.3) is 5.82 Å². The van der Waals surface area contributed by atoms with Gasteiger partial charge in [-0.25, -0.2) is 9.78 Å². The van der Waals surface area contributed by atoms with Crippen molar-refractivity contribution in [2.24, 2.45) is 0 Å². The van der Waals surface area contributed by atoms with Crippen LogP contribution in [-0.2, 0) is 19.1 Å². The molecule has 0 radical (unpaired) electrons. The summed E-state index contributed by atoms with van der Waals surface area (Å²) in [7, 11) is 3.14. The number of amides is 1. The molecular formula is C22H23F3N6O4. The average molecular weight is 492 g/mol. The maximum Gasteiger partial charge on any atom is 0.434 e. The van der Waals surface area contributed by atoms with Gasteiger partial charge in [0, 0.05) is 32.2 Å². The van der Waals surface area contributed by atoms with Gasteiger partial charge in [-0.15, -0.1) is 0 Å². The molecule has 0 spiro atoms. The SMILES string of the molecule is COc1cc2c(cc1OC)CN(CCNC(=O)c1cnn(-c3ccc(=O)[nH]n3)c1C(F)(F)F)CC2. The average Bonchev–Trinajstić information content (AvgIpc) is 3.29. The highest BCUT2D eigenvalue weighted by Crippen LogP contribution is 2.34. The van der Waals surface area contributed by atoms with E-state index in [9.17, 15) is 22.8 Å². The molecule has 0 fully saturated rings. The largest absolute Gasteiger partial charge is 0.493 e. The van der Waals surface area contributed by atoms with Crippen molar-refractivity contribution in [1.82, 2.24) is 30.2 Å². The second-order valence-corrected chi connectivity index (χ2v) is 7.85. The number of fused-ring (bicyclic) bond motifs is 1. The summed E-state index contributed by atoms with van der Waals surface area (Å²) in [6.45, 7) is 1.91. The number of carbonyl (C=O) groups is 1. The Kier molecular flexibility index (Phi) is 6.78. The first-order valence-corrected chi connectivity index (χ1v) is 10.7. The predicted molar refractivity (Wildman–Crippen MR) is 118 cm³/mol. The summed E-state index contributed by atoms with van der Waals surface area (Å²) in [6.07, 6.45) is -3.28. The summed E-state index contributed by atoms with van der Waals surface area (Å²) in [5.74, 6) is 0.104. The number of aromatic amines is 1. The number of halogens is 3. The minimum absolute atomic E-state index is 0.140. The minimum atomic E-state index is -4.88. The standard InChI is InChI=1S/C22H23F3N6O4/c1-34-16-9-13-5-7-30(12-14(13)10-17(16)35-2)8-6-26-21(33)15-11-27-31(20(15)22(23,24)25)18-3-4-19(32)29-28-18/h3-4,9-11H,5-8,12H2,1-2H3,(H,26,33)(H,29,32). The quantitative estimate of drug-likeness (QED) is 0.517. The lowest BCUT2D eigenvalue weighted by Gasteiger charge is -2.29. The molecule has 1 amide bonds. The summed E-state index contributed by atoms with van der Waals surface area (Å²) in [5, 5.41) is 11.8. The third-order valence-corrected chi connectivity index (χ3v) is 5.67. The molecule has 186 valence electrons. The Morgan fingerprint density at radius 2 is 1.89 bits per heavy atom. The molecule has 0 saturated carbocycles. The van der Waals surface area contributed by atoms with Crippen LogP contribution < -0.4 is 20.3 Å². The zero-order valence-corrected chi connectivity index (χ0v) is 19.0. The Hall–Kier alpha value is -3.87. The van der Waals surface area contributed by atoms with Crippen LogP contribution in [0, 0.1) is 0 Å². The van der Waals surface area contributed by atoms with Crippen molar-refractivity contribution in [3.05, 3.63) is 63.2 Å². The number of aromatic nitrogens is 4. The van der Waals surface area contributed by atoms with E-state index in [1.54, 1.807) is 14.2 Å². The molecular weight excluding hydrogens is 469 g/mol. The van der Waals surface area contributed by atoms with Crippen LogP contribution >= 0.6 is 0 Å². The molecule has 1 aromatic carbocycles. The van der Waals surface area contributed by atoms with Gasteiger partial charge in [0.05, 0.1) is 26.0 Å². The lowest BCUT2D eigenvalue weighted by Crippen LogP contribution is -2.38. The highest BCUT2D eigenvalue weighted by Gasteiger charge is 2.41. The third-order valence-electron chi connectivity index (χ3n) is 5.67. The number of benzene rings is 1. The smallest absolute Gasteiger partial charge is 0.434 e. The van der Waals surface area contributed by atoms with E-state index in [1.165, 1.54) is 0 Å². The zero-order chi connectivity index (χ0) is 25.2. The van der Waals surface area contributed by atoms with Crippen molar-refractivity contribution in [2.75, 3.05) is 33.9 Å². The zero-order valence-electron chi connectivity index (χ0n) is 19.0. The van der Waals surface area contributed by atoms with Gasteiger partial charge >= 0.3 is 6.18 Å². The van der Waals surface area contributed by atoms with E-state index in [2.05, 4.69) is 25.5 Å². The van der Waals surface area contributed by atoms with Crippen LogP contribution in [0.2, 0.25) is 0 Å². The molecule has 3 aromatic rings. The van der Waals surface area contributed by atoms with Gasteiger partial charge in [-0.3, -0.25) is 14.5 Å². The van der Waals surface area contributed by atoms with Crippen LogP contribution in [0.1, 0.15) is 27.2 Å². The molecule has 35 heavy (non-hydrogen) atoms. The number of hydrogen-bond acceptors (Lipinski definition) is 7. The maximum atomic E-state index is 13.8. The predicted octanol–water partition coefficient (Wildman–Crippen LogP) is 1.78. The number of alkyl halides is 3. The van der Waals surface area contributed by atoms with Gasteiger partial charge < -0.3 is 14.8 Å². The number of rotatable bonds is 7. The van der Waals surface area contributed by atoms with Crippen molar-refractivity contribution in [2.45, 2.75) is 19.1 Å². The minimum Gasteiger partial charge on any atom is -0.493 e. The number of methoxy groups -OCH3 is 2. The van der Waals surface area contributed by atoms with Crippen LogP contribution in [0.3, 0.4) is 0 Å². The molecule has 2 N–H and O–H groups in total. The van der Waals surface area contributed by atoms with Gasteiger partial charge in [0.15, 0.2) is 23.0 Å². The van der Waals surface area contributed by atoms with Gasteiger partial charge in [-0.2, -0.15) is 23.4 Å². The Morgan fingerprint density at radius 1 is 1.17 bits per heavy atom. The van der Waals surface area contributed by atoms with Crippen molar-refractivity contribution in [3.8, 4) is 17.3 Å². The maximum absolute atomic E-state index is 13.8. The summed E-state index contributed by atoms with van der Waals surface area (Å²) >= 11 is 0. The fraction of sp³-hybridized carbons (Fsp3) is 0.364. The monoisotopic (exact) mass is 492 g/mol. The van der Waals surface area contributed by atoms with Crippen LogP contribution in [0.4, 0.5) is 13.2 Å². The Labute approximate surface area is 197 Å². The number of nitrogens with zero attached hydrogens (tertiary/aromatic N) is 4. The molecule has 13 heteroatoms. The van der Waals surface area contributed by atoms with Crippen molar-refractivity contribution >= 4 is 5.91 Å². The molecule has 10 nitrogen and oxygen atoms in total. The summed E-state index contributed by atoms with van der Waals surface area (Å²) in [6, 6.07) is 5.96. The molecule has 1 aliphatic rings. The molecule has 4 rings (SSSR count). The van der Waals surface area contributed by atoms with Crippen LogP contribution in [0.15, 0.2) is 35.3 Å². The number of carbonyl (C=O) groups excluding carboxylic acids is 1. The number of ether oxygens (including phenoxy) is 2. The molecule has 0 unspecified atom stereocenters. The fourth-order valence-corrected chi connectivity index (χ4v) is 3.97. The topological polar surface area (TPSA) is 114 Å². The summed E-state index contributed by atoms with van der Waals surface area (Å²) < 4.78 is 52.5. The number of H-pyrrole nitrogens is 1. The summed E-state index contributed by atoms with van der Waals surface area (Å²) in [5.41, 5.74) is -0.283. The van der Waals surface area contributed by atoms with Crippen molar-refractivity contribution in [3.63, 3.8) is 0 Å². The third kappa shape index (κ3) is 5.14. The molecule has 2 aromatic heterocycles. The van der Waals surface area contributed by atoms with Crippen molar-refractivity contribution < 1.29 is 27.4 Å². The number of hydrogen-bond donors (Lipinski definition) is 2. The molecule has 0 saturated heterocycles. The van der Waals surface area contributed by atoms with E-state index in [4.69, 9.17) is 9.47 Å². The normalized spacial score (nSPS) is 13.9. The lowest BCUT2D eigenvalue weighted by atomic mass is 9.99. The van der Waals surface area contributed by atoms with Crippen molar-refractivity contribution in [1.29, 1.82) is 0 Å². The van der Waals surface area contributed by atoms with E-state index in [1.807, 2.05) is 12.1 Å². The first-order chi connectivity index (χ1) is 16.7. The van der Waals surface area contributed by atoms with Gasteiger partial charge in [0.2, 0.25) is 0 Å². The number of nitrogens with one attached hydrogen (secondary N) is 2. The Morgan fingerprint density at radius 3 is 2.51 bits per heavy atom. The lowest BCUT2D eigenvalue weighted by molar-refractivity contribution is -0.143. The Balaban J connectivity index is 1.43. The summed E-state index contributed by atoms with van der Waals surface area (Å²) in [4.78, 5) is 25.9. The van der Waals surface area contributed by atoms with E-state index in [-0.39, 0.29) is 12.4 Å². The molecule has 1 aliphatic heterocycles. The highest BCUT2D eigenvalue weighted by molar-refractivity contribution is 5.95. The van der Waals surface area contributed by atoms with Crippen LogP contribution in [-0.4, -0.2) is 64.6 Å². The first kappa shape index (κ1) is 24.3. The van der Waals surface area contributed by atoms with E-state index < -0.39 is 28.9 Å². The second kappa shape index (κ2) is 9.78. The molecule has 0 atom stereocenters. The van der Waals surface area contributed by atoms with Gasteiger partial charge in [-0.05, 0) is 35.7 Å². The second-order valence-electron chi connectivity index (χ2n) is 7.85. The van der Waals surface area contributed by atoms with Gasteiger partial charge in [-0.1, -0.05) is 0 Å². The fourth-order valence-electron chi connectivity index (χ4n) is 3.97. The van der Waals surface area contributed by atoms with E-state index >= 15 is 0 Å². The molecule has 0 aliphatic carbocycles.